The fourth-order valence-electron chi connectivity index (χ4n) is 4.82. The van der Waals surface area contributed by atoms with Crippen LogP contribution in [0.15, 0.2) is 66.7 Å². The molecule has 11 heteroatoms. The second kappa shape index (κ2) is 13.9. The minimum Gasteiger partial charge on any atom is -0.506 e. The number of aromatic hydroxyl groups is 1. The Hall–Kier alpha value is -3.47. The van der Waals surface area contributed by atoms with Crippen LogP contribution in [0.4, 0.5) is 16.2 Å². The highest BCUT2D eigenvalue weighted by Gasteiger charge is 2.28. The van der Waals surface area contributed by atoms with Crippen LogP contribution in [0.5, 0.6) is 17.2 Å². The first-order chi connectivity index (χ1) is 19.6. The molecular formula is C30H37ClN4O5S. The third-order valence-corrected chi connectivity index (χ3v) is 7.86. The van der Waals surface area contributed by atoms with Crippen molar-refractivity contribution in [2.24, 2.45) is 0 Å². The van der Waals surface area contributed by atoms with Crippen molar-refractivity contribution in [2.75, 3.05) is 35.9 Å². The molecule has 0 atom stereocenters. The largest absolute Gasteiger partial charge is 0.506 e. The molecule has 0 spiro atoms. The summed E-state index contributed by atoms with van der Waals surface area (Å²) in [6.07, 6.45) is 4.80. The summed E-state index contributed by atoms with van der Waals surface area (Å²) < 4.78 is 31.1. The number of urea groups is 1. The molecule has 1 saturated heterocycles. The Bertz CT molecular complexity index is 1410. The molecule has 3 aromatic rings. The van der Waals surface area contributed by atoms with Gasteiger partial charge in [0.1, 0.15) is 17.2 Å². The molecule has 220 valence electrons. The Morgan fingerprint density at radius 1 is 1.02 bits per heavy atom. The second-order valence-electron chi connectivity index (χ2n) is 10.3. The van der Waals surface area contributed by atoms with E-state index in [9.17, 15) is 18.3 Å². The van der Waals surface area contributed by atoms with Gasteiger partial charge >= 0.3 is 6.03 Å². The first kappa shape index (κ1) is 30.5. The van der Waals surface area contributed by atoms with E-state index in [1.54, 1.807) is 36.4 Å². The number of carbonyl (C=O) groups excluding carboxylic acids is 1. The van der Waals surface area contributed by atoms with E-state index in [1.165, 1.54) is 11.6 Å². The summed E-state index contributed by atoms with van der Waals surface area (Å²) in [5, 5.41) is 13.0. The van der Waals surface area contributed by atoms with E-state index in [0.717, 1.165) is 51.6 Å². The van der Waals surface area contributed by atoms with E-state index in [2.05, 4.69) is 21.9 Å². The van der Waals surface area contributed by atoms with Crippen molar-refractivity contribution in [1.82, 2.24) is 9.80 Å². The van der Waals surface area contributed by atoms with E-state index in [-0.39, 0.29) is 22.8 Å². The van der Waals surface area contributed by atoms with Gasteiger partial charge in [-0.1, -0.05) is 37.1 Å². The molecule has 0 unspecified atom stereocenters. The van der Waals surface area contributed by atoms with Crippen LogP contribution in [0.25, 0.3) is 0 Å². The number of carbonyl (C=O) groups is 1. The Morgan fingerprint density at radius 2 is 1.63 bits per heavy atom. The molecule has 9 nitrogen and oxygen atoms in total. The SMILES string of the molecule is CCCCN(C(=O)Nc1ccc(Cl)c(O)c1)C1CCN(Cc2ccc(Oc3ccc(NS(C)(=O)=O)cc3)cc2)CC1. The van der Waals surface area contributed by atoms with Crippen LogP contribution >= 0.6 is 11.6 Å². The lowest BCUT2D eigenvalue weighted by Gasteiger charge is -2.38. The van der Waals surface area contributed by atoms with Gasteiger partial charge in [0, 0.05) is 49.7 Å². The third-order valence-electron chi connectivity index (χ3n) is 6.93. The number of unbranched alkanes of at least 4 members (excludes halogenated alkanes) is 1. The van der Waals surface area contributed by atoms with Crippen LogP contribution in [0, 0.1) is 0 Å². The zero-order valence-corrected chi connectivity index (χ0v) is 24.9. The lowest BCUT2D eigenvalue weighted by molar-refractivity contribution is 0.122. The lowest BCUT2D eigenvalue weighted by Crippen LogP contribution is -2.49. The van der Waals surface area contributed by atoms with Gasteiger partial charge in [-0.05, 0) is 73.4 Å². The van der Waals surface area contributed by atoms with Crippen molar-refractivity contribution in [2.45, 2.75) is 45.2 Å². The average molecular weight is 601 g/mol. The molecule has 0 saturated carbocycles. The van der Waals surface area contributed by atoms with Gasteiger partial charge in [-0.25, -0.2) is 13.2 Å². The van der Waals surface area contributed by atoms with Gasteiger partial charge in [0.05, 0.1) is 11.3 Å². The highest BCUT2D eigenvalue weighted by molar-refractivity contribution is 7.92. The Morgan fingerprint density at radius 3 is 2.22 bits per heavy atom. The van der Waals surface area contributed by atoms with E-state index in [1.807, 2.05) is 29.2 Å². The zero-order valence-electron chi connectivity index (χ0n) is 23.3. The smallest absolute Gasteiger partial charge is 0.322 e. The van der Waals surface area contributed by atoms with Gasteiger partial charge in [0.25, 0.3) is 0 Å². The summed E-state index contributed by atoms with van der Waals surface area (Å²) in [5.74, 6) is 1.25. The molecule has 1 aliphatic rings. The number of hydrogen-bond donors (Lipinski definition) is 3. The van der Waals surface area contributed by atoms with Crippen LogP contribution in [0.3, 0.4) is 0 Å². The topological polar surface area (TPSA) is 111 Å². The van der Waals surface area contributed by atoms with Crippen LogP contribution in [-0.2, 0) is 16.6 Å². The maximum Gasteiger partial charge on any atom is 0.322 e. The van der Waals surface area contributed by atoms with Crippen molar-refractivity contribution < 1.29 is 23.1 Å². The number of ether oxygens (including phenoxy) is 1. The monoisotopic (exact) mass is 600 g/mol. The maximum absolute atomic E-state index is 13.2. The van der Waals surface area contributed by atoms with Gasteiger partial charge < -0.3 is 20.1 Å². The maximum atomic E-state index is 13.2. The average Bonchev–Trinajstić information content (AvgIpc) is 2.93. The molecule has 1 aliphatic heterocycles. The standard InChI is InChI=1S/C30H37ClN4O5S/c1-3-4-17-35(30(37)32-24-9-14-28(31)29(36)20-24)25-15-18-34(19-16-25)21-22-5-10-26(11-6-22)40-27-12-7-23(8-13-27)33-41(2,38)39/h5-14,20,25,33,36H,3-4,15-19,21H2,1-2H3,(H,32,37). The molecule has 41 heavy (non-hydrogen) atoms. The number of sulfonamides is 1. The molecule has 0 bridgehead atoms. The summed E-state index contributed by atoms with van der Waals surface area (Å²) in [6.45, 7) is 5.37. The molecule has 4 rings (SSSR count). The molecule has 3 N–H and O–H groups in total. The predicted molar refractivity (Wildman–Crippen MR) is 163 cm³/mol. The Kier molecular flexibility index (Phi) is 10.4. The van der Waals surface area contributed by atoms with E-state index in [4.69, 9.17) is 16.3 Å². The number of anilines is 2. The van der Waals surface area contributed by atoms with Gasteiger partial charge in [-0.2, -0.15) is 0 Å². The summed E-state index contributed by atoms with van der Waals surface area (Å²) in [5.41, 5.74) is 2.17. The number of benzene rings is 3. The first-order valence-corrected chi connectivity index (χ1v) is 16.0. The molecule has 1 fully saturated rings. The van der Waals surface area contributed by atoms with Gasteiger partial charge in [0.2, 0.25) is 10.0 Å². The molecular weight excluding hydrogens is 564 g/mol. The van der Waals surface area contributed by atoms with Crippen LogP contribution in [0.1, 0.15) is 38.2 Å². The Labute approximate surface area is 247 Å². The second-order valence-corrected chi connectivity index (χ2v) is 12.5. The number of likely N-dealkylation sites (tertiary alicyclic amines) is 1. The third kappa shape index (κ3) is 9.27. The molecule has 1 heterocycles. The molecule has 0 aliphatic carbocycles. The fourth-order valence-corrected chi connectivity index (χ4v) is 5.50. The number of piperidine rings is 1. The van der Waals surface area contributed by atoms with E-state index < -0.39 is 10.0 Å². The quantitative estimate of drug-likeness (QED) is 0.231. The van der Waals surface area contributed by atoms with Crippen molar-refractivity contribution in [1.29, 1.82) is 0 Å². The molecule has 3 aromatic carbocycles. The van der Waals surface area contributed by atoms with Crippen LogP contribution in [0.2, 0.25) is 5.02 Å². The number of phenols is 1. The molecule has 2 amide bonds. The number of nitrogens with zero attached hydrogens (tertiary/aromatic N) is 2. The number of rotatable bonds is 11. The number of hydrogen-bond acceptors (Lipinski definition) is 6. The summed E-state index contributed by atoms with van der Waals surface area (Å²) in [7, 11) is -3.32. The summed E-state index contributed by atoms with van der Waals surface area (Å²) in [6, 6.07) is 19.4. The highest BCUT2D eigenvalue weighted by Crippen LogP contribution is 2.28. The lowest BCUT2D eigenvalue weighted by atomic mass is 10.0. The fraction of sp³-hybridized carbons (Fsp3) is 0.367. The minimum absolute atomic E-state index is 0.0596. The van der Waals surface area contributed by atoms with E-state index >= 15 is 0 Å². The molecule has 0 radical (unpaired) electrons. The van der Waals surface area contributed by atoms with Crippen molar-refractivity contribution in [3.05, 3.63) is 77.3 Å². The van der Waals surface area contributed by atoms with Crippen LogP contribution < -0.4 is 14.8 Å². The zero-order chi connectivity index (χ0) is 29.4. The molecule has 0 aromatic heterocycles. The number of halogens is 1. The van der Waals surface area contributed by atoms with Crippen molar-refractivity contribution in [3.63, 3.8) is 0 Å². The van der Waals surface area contributed by atoms with Crippen molar-refractivity contribution >= 4 is 39.0 Å². The van der Waals surface area contributed by atoms with E-state index in [0.29, 0.717) is 29.4 Å². The van der Waals surface area contributed by atoms with Crippen LogP contribution in [-0.4, -0.2) is 61.3 Å². The first-order valence-electron chi connectivity index (χ1n) is 13.7. The predicted octanol–water partition coefficient (Wildman–Crippen LogP) is 6.51. The number of amides is 2. The van der Waals surface area contributed by atoms with Crippen molar-refractivity contribution in [3.8, 4) is 17.2 Å². The van der Waals surface area contributed by atoms with Gasteiger partial charge in [-0.3, -0.25) is 9.62 Å². The van der Waals surface area contributed by atoms with Gasteiger partial charge in [0.15, 0.2) is 0 Å². The minimum atomic E-state index is -3.32. The van der Waals surface area contributed by atoms with Gasteiger partial charge in [-0.15, -0.1) is 0 Å². The summed E-state index contributed by atoms with van der Waals surface area (Å²) in [4.78, 5) is 17.5. The summed E-state index contributed by atoms with van der Waals surface area (Å²) >= 11 is 5.90. The normalized spacial score (nSPS) is 14.4. The highest BCUT2D eigenvalue weighted by atomic mass is 35.5. The Balaban J connectivity index is 1.28. The number of nitrogens with one attached hydrogen (secondary N) is 2. The number of phenolic OH excluding ortho intramolecular Hbond substituents is 1.